The Bertz CT molecular complexity index is 761. The molecule has 1 atom stereocenters. The number of benzene rings is 2. The van der Waals surface area contributed by atoms with Crippen LogP contribution in [0, 0.1) is 5.82 Å². The minimum absolute atomic E-state index is 0.155. The van der Waals surface area contributed by atoms with Crippen LogP contribution in [0.5, 0.6) is 0 Å². The third-order valence-electron chi connectivity index (χ3n) is 3.44. The fourth-order valence-corrected chi connectivity index (χ4v) is 2.50. The number of halogens is 1. The summed E-state index contributed by atoms with van der Waals surface area (Å²) in [5, 5.41) is 1.00. The zero-order valence-electron chi connectivity index (χ0n) is 11.2. The number of nitrogens with two attached hydrogens (primary N) is 1. The van der Waals surface area contributed by atoms with E-state index in [1.54, 1.807) is 18.3 Å². The van der Waals surface area contributed by atoms with E-state index in [-0.39, 0.29) is 11.9 Å². The second kappa shape index (κ2) is 5.02. The summed E-state index contributed by atoms with van der Waals surface area (Å²) in [5.74, 6) is -0.259. The molecule has 1 unspecified atom stereocenters. The Hall–Kier alpha value is -2.26. The number of hydrogen-bond donors (Lipinski definition) is 1. The van der Waals surface area contributed by atoms with E-state index >= 15 is 0 Å². The van der Waals surface area contributed by atoms with Crippen LogP contribution >= 0.6 is 0 Å². The Balaban J connectivity index is 2.33. The van der Waals surface area contributed by atoms with Crippen LogP contribution in [0.3, 0.4) is 0 Å². The summed E-state index contributed by atoms with van der Waals surface area (Å²) in [6, 6.07) is 14.3. The number of aromatic nitrogens is 1. The average Bonchev–Trinajstić information content (AvgIpc) is 2.46. The van der Waals surface area contributed by atoms with Gasteiger partial charge in [-0.15, -0.1) is 0 Å². The molecule has 1 aromatic heterocycles. The topological polar surface area (TPSA) is 38.9 Å². The summed E-state index contributed by atoms with van der Waals surface area (Å²) in [6.45, 7) is 1.90. The van der Waals surface area contributed by atoms with Gasteiger partial charge in [-0.1, -0.05) is 24.3 Å². The van der Waals surface area contributed by atoms with Crippen molar-refractivity contribution in [1.82, 2.24) is 4.98 Å². The molecule has 0 amide bonds. The number of fused-ring (bicyclic) bond motifs is 1. The molecular formula is C17H15FN2. The van der Waals surface area contributed by atoms with E-state index in [1.807, 2.05) is 37.3 Å². The van der Waals surface area contributed by atoms with E-state index in [0.29, 0.717) is 0 Å². The van der Waals surface area contributed by atoms with Crippen molar-refractivity contribution in [3.63, 3.8) is 0 Å². The Morgan fingerprint density at radius 2 is 1.90 bits per heavy atom. The normalized spacial score (nSPS) is 12.6. The van der Waals surface area contributed by atoms with Crippen molar-refractivity contribution < 1.29 is 4.39 Å². The first kappa shape index (κ1) is 12.8. The molecule has 2 nitrogen and oxygen atoms in total. The van der Waals surface area contributed by atoms with Gasteiger partial charge in [0.25, 0.3) is 0 Å². The van der Waals surface area contributed by atoms with E-state index < -0.39 is 0 Å². The fraction of sp³-hybridized carbons (Fsp3) is 0.118. The van der Waals surface area contributed by atoms with Crippen LogP contribution in [-0.2, 0) is 0 Å². The van der Waals surface area contributed by atoms with E-state index in [9.17, 15) is 4.39 Å². The molecule has 0 aliphatic carbocycles. The zero-order valence-corrected chi connectivity index (χ0v) is 11.2. The first-order valence-electron chi connectivity index (χ1n) is 6.56. The Morgan fingerprint density at radius 3 is 2.70 bits per heavy atom. The van der Waals surface area contributed by atoms with Gasteiger partial charge >= 0.3 is 0 Å². The Kier molecular flexibility index (Phi) is 3.20. The maximum absolute atomic E-state index is 13.6. The highest BCUT2D eigenvalue weighted by Gasteiger charge is 2.12. The van der Waals surface area contributed by atoms with Crippen LogP contribution in [0.4, 0.5) is 4.39 Å². The van der Waals surface area contributed by atoms with Crippen molar-refractivity contribution in [3.8, 4) is 11.1 Å². The van der Waals surface area contributed by atoms with E-state index in [1.165, 1.54) is 6.07 Å². The quantitative estimate of drug-likeness (QED) is 0.759. The van der Waals surface area contributed by atoms with Gasteiger partial charge in [-0.25, -0.2) is 4.39 Å². The number of nitrogens with zero attached hydrogens (tertiary/aromatic N) is 1. The molecule has 0 saturated heterocycles. The molecular weight excluding hydrogens is 251 g/mol. The Labute approximate surface area is 117 Å². The smallest absolute Gasteiger partial charge is 0.123 e. The van der Waals surface area contributed by atoms with Crippen LogP contribution in [0.1, 0.15) is 18.5 Å². The summed E-state index contributed by atoms with van der Waals surface area (Å²) in [6.07, 6.45) is 1.75. The largest absolute Gasteiger partial charge is 0.324 e. The van der Waals surface area contributed by atoms with Crippen LogP contribution in [-0.4, -0.2) is 4.98 Å². The molecule has 3 aromatic rings. The van der Waals surface area contributed by atoms with Crippen LogP contribution in [0.25, 0.3) is 22.0 Å². The SMILES string of the molecule is CC(N)c1ccc(F)cc1-c1cccc2ncccc12. The second-order valence-corrected chi connectivity index (χ2v) is 4.90. The van der Waals surface area contributed by atoms with Crippen LogP contribution < -0.4 is 5.73 Å². The Morgan fingerprint density at radius 1 is 1.05 bits per heavy atom. The van der Waals surface area contributed by atoms with Gasteiger partial charge in [0.05, 0.1) is 5.52 Å². The lowest BCUT2D eigenvalue weighted by molar-refractivity contribution is 0.626. The summed E-state index contributed by atoms with van der Waals surface area (Å²) in [5.41, 5.74) is 9.63. The van der Waals surface area contributed by atoms with Crippen molar-refractivity contribution in [2.75, 3.05) is 0 Å². The highest BCUT2D eigenvalue weighted by Crippen LogP contribution is 2.32. The molecule has 2 N–H and O–H groups in total. The lowest BCUT2D eigenvalue weighted by Crippen LogP contribution is -2.07. The molecule has 0 bridgehead atoms. The van der Waals surface area contributed by atoms with Crippen LogP contribution in [0.15, 0.2) is 54.7 Å². The third kappa shape index (κ3) is 2.17. The molecule has 0 fully saturated rings. The first-order chi connectivity index (χ1) is 9.66. The maximum atomic E-state index is 13.6. The minimum atomic E-state index is -0.259. The van der Waals surface area contributed by atoms with Crippen molar-refractivity contribution in [2.45, 2.75) is 13.0 Å². The minimum Gasteiger partial charge on any atom is -0.324 e. The lowest BCUT2D eigenvalue weighted by atomic mass is 9.93. The summed E-state index contributed by atoms with van der Waals surface area (Å²) in [7, 11) is 0. The molecule has 0 aliphatic heterocycles. The van der Waals surface area contributed by atoms with Crippen molar-refractivity contribution in [1.29, 1.82) is 0 Å². The summed E-state index contributed by atoms with van der Waals surface area (Å²) >= 11 is 0. The molecule has 0 aliphatic rings. The predicted octanol–water partition coefficient (Wildman–Crippen LogP) is 4.06. The lowest BCUT2D eigenvalue weighted by Gasteiger charge is -2.14. The third-order valence-corrected chi connectivity index (χ3v) is 3.44. The van der Waals surface area contributed by atoms with Crippen molar-refractivity contribution in [2.24, 2.45) is 5.73 Å². The van der Waals surface area contributed by atoms with Gasteiger partial charge in [-0.2, -0.15) is 0 Å². The molecule has 1 heterocycles. The summed E-state index contributed by atoms with van der Waals surface area (Å²) < 4.78 is 13.6. The molecule has 2 aromatic carbocycles. The van der Waals surface area contributed by atoms with Gasteiger partial charge in [-0.05, 0) is 47.9 Å². The van der Waals surface area contributed by atoms with E-state index in [0.717, 1.165) is 27.6 Å². The molecule has 20 heavy (non-hydrogen) atoms. The molecule has 0 spiro atoms. The van der Waals surface area contributed by atoms with Gasteiger partial charge in [0.1, 0.15) is 5.82 Å². The molecule has 100 valence electrons. The monoisotopic (exact) mass is 266 g/mol. The van der Waals surface area contributed by atoms with Gasteiger partial charge in [0.15, 0.2) is 0 Å². The predicted molar refractivity (Wildman–Crippen MR) is 79.7 cm³/mol. The second-order valence-electron chi connectivity index (χ2n) is 4.90. The highest BCUT2D eigenvalue weighted by atomic mass is 19.1. The van der Waals surface area contributed by atoms with E-state index in [2.05, 4.69) is 4.98 Å². The number of pyridine rings is 1. The number of hydrogen-bond acceptors (Lipinski definition) is 2. The van der Waals surface area contributed by atoms with Crippen molar-refractivity contribution in [3.05, 3.63) is 66.1 Å². The summed E-state index contributed by atoms with van der Waals surface area (Å²) in [4.78, 5) is 4.34. The first-order valence-corrected chi connectivity index (χ1v) is 6.56. The highest BCUT2D eigenvalue weighted by molar-refractivity contribution is 5.95. The fourth-order valence-electron chi connectivity index (χ4n) is 2.50. The van der Waals surface area contributed by atoms with Gasteiger partial charge in [0, 0.05) is 17.6 Å². The van der Waals surface area contributed by atoms with Crippen LogP contribution in [0.2, 0.25) is 0 Å². The van der Waals surface area contributed by atoms with Gasteiger partial charge in [-0.3, -0.25) is 4.98 Å². The van der Waals surface area contributed by atoms with Gasteiger partial charge < -0.3 is 5.73 Å². The van der Waals surface area contributed by atoms with Crippen molar-refractivity contribution >= 4 is 10.9 Å². The standard InChI is InChI=1S/C17H15FN2/c1-11(19)13-8-7-12(18)10-16(13)14-4-2-6-17-15(14)5-3-9-20-17/h2-11H,19H2,1H3. The van der Waals surface area contributed by atoms with E-state index in [4.69, 9.17) is 5.73 Å². The molecule has 3 rings (SSSR count). The van der Waals surface area contributed by atoms with Gasteiger partial charge in [0.2, 0.25) is 0 Å². The molecule has 0 saturated carbocycles. The molecule has 0 radical (unpaired) electrons. The maximum Gasteiger partial charge on any atom is 0.123 e. The molecule has 3 heteroatoms. The average molecular weight is 266 g/mol. The zero-order chi connectivity index (χ0) is 14.1. The number of rotatable bonds is 2.